The van der Waals surface area contributed by atoms with Crippen molar-refractivity contribution in [2.24, 2.45) is 0 Å². The number of nitrogens with one attached hydrogen (secondary N) is 2. The predicted octanol–water partition coefficient (Wildman–Crippen LogP) is 3.62. The van der Waals surface area contributed by atoms with Gasteiger partial charge in [-0.2, -0.15) is 0 Å². The molecule has 0 aliphatic rings. The second-order valence-electron chi connectivity index (χ2n) is 6.24. The molecule has 2 N–H and O–H groups in total. The van der Waals surface area contributed by atoms with E-state index in [1.807, 2.05) is 42.6 Å². The molecule has 1 amide bonds. The smallest absolute Gasteiger partial charge is 0.343 e. The van der Waals surface area contributed by atoms with Crippen LogP contribution in [0.2, 0.25) is 0 Å². The first-order valence-electron chi connectivity index (χ1n) is 9.47. The van der Waals surface area contributed by atoms with Crippen molar-refractivity contribution in [3.05, 3.63) is 51.8 Å². The zero-order valence-electron chi connectivity index (χ0n) is 16.6. The number of esters is 1. The van der Waals surface area contributed by atoms with Gasteiger partial charge < -0.3 is 10.1 Å². The predicted molar refractivity (Wildman–Crippen MR) is 118 cm³/mol. The molecule has 0 saturated carbocycles. The number of nitrogens with zero attached hydrogens (tertiary/aromatic N) is 2. The fraction of sp³-hybridized carbons (Fsp3) is 0.300. The number of thiophene rings is 1. The van der Waals surface area contributed by atoms with Crippen LogP contribution in [0.15, 0.2) is 45.7 Å². The fourth-order valence-electron chi connectivity index (χ4n) is 2.81. The summed E-state index contributed by atoms with van der Waals surface area (Å²) in [6, 6.07) is 9.47. The first-order chi connectivity index (χ1) is 14.5. The van der Waals surface area contributed by atoms with Crippen LogP contribution in [0.1, 0.15) is 30.6 Å². The third-order valence-electron chi connectivity index (χ3n) is 4.11. The number of H-pyrrole nitrogens is 1. The van der Waals surface area contributed by atoms with Gasteiger partial charge in [-0.25, -0.2) is 14.7 Å². The summed E-state index contributed by atoms with van der Waals surface area (Å²) < 4.78 is 6.71. The highest BCUT2D eigenvalue weighted by Crippen LogP contribution is 2.36. The molecule has 2 heterocycles. The van der Waals surface area contributed by atoms with Gasteiger partial charge in [-0.3, -0.25) is 9.36 Å². The summed E-state index contributed by atoms with van der Waals surface area (Å²) in [4.78, 5) is 36.9. The number of hydrogen-bond acceptors (Lipinski definition) is 7. The van der Waals surface area contributed by atoms with Crippen LogP contribution >= 0.6 is 23.1 Å². The van der Waals surface area contributed by atoms with E-state index in [9.17, 15) is 14.4 Å². The molecule has 8 nitrogen and oxygen atoms in total. The van der Waals surface area contributed by atoms with Crippen molar-refractivity contribution in [1.82, 2.24) is 14.8 Å². The maximum atomic E-state index is 12.6. The van der Waals surface area contributed by atoms with E-state index in [0.717, 1.165) is 23.7 Å². The zero-order valence-corrected chi connectivity index (χ0v) is 18.3. The van der Waals surface area contributed by atoms with Gasteiger partial charge in [0, 0.05) is 17.5 Å². The SMILES string of the molecule is CCCn1c(SCC(=O)Nc2scc(-c3ccccc3)c2C(=O)OCC)n[nH]c1=O. The number of thioether (sulfide) groups is 1. The zero-order chi connectivity index (χ0) is 21.5. The Hall–Kier alpha value is -2.85. The van der Waals surface area contributed by atoms with Crippen molar-refractivity contribution in [3.8, 4) is 11.1 Å². The molecule has 30 heavy (non-hydrogen) atoms. The van der Waals surface area contributed by atoms with E-state index >= 15 is 0 Å². The minimum atomic E-state index is -0.482. The molecule has 1 aromatic carbocycles. The number of benzene rings is 1. The van der Waals surface area contributed by atoms with Crippen LogP contribution in [0.3, 0.4) is 0 Å². The number of anilines is 1. The molecule has 158 valence electrons. The number of carbonyl (C=O) groups is 2. The number of rotatable bonds is 9. The molecule has 0 spiro atoms. The van der Waals surface area contributed by atoms with E-state index in [-0.39, 0.29) is 24.0 Å². The molecule has 0 saturated heterocycles. The lowest BCUT2D eigenvalue weighted by atomic mass is 10.0. The van der Waals surface area contributed by atoms with E-state index in [4.69, 9.17) is 4.74 Å². The van der Waals surface area contributed by atoms with Crippen LogP contribution in [0.25, 0.3) is 11.1 Å². The largest absolute Gasteiger partial charge is 0.462 e. The van der Waals surface area contributed by atoms with Crippen LogP contribution < -0.4 is 11.0 Å². The van der Waals surface area contributed by atoms with Crippen molar-refractivity contribution < 1.29 is 14.3 Å². The second kappa shape index (κ2) is 10.3. The van der Waals surface area contributed by atoms with Crippen molar-refractivity contribution >= 4 is 40.0 Å². The standard InChI is InChI=1S/C20H22N4O4S2/c1-3-10-24-19(27)22-23-20(24)30-12-15(25)21-17-16(18(26)28-4-2)14(11-29-17)13-8-6-5-7-9-13/h5-9,11H,3-4,10,12H2,1-2H3,(H,21,25)(H,22,27). The molecular formula is C20H22N4O4S2. The summed E-state index contributed by atoms with van der Waals surface area (Å²) in [6.07, 6.45) is 0.777. The number of carbonyl (C=O) groups excluding carboxylic acids is 2. The Morgan fingerprint density at radius 3 is 2.73 bits per heavy atom. The topological polar surface area (TPSA) is 106 Å². The van der Waals surface area contributed by atoms with Gasteiger partial charge in [-0.15, -0.1) is 16.4 Å². The van der Waals surface area contributed by atoms with E-state index < -0.39 is 5.97 Å². The van der Waals surface area contributed by atoms with E-state index in [1.165, 1.54) is 15.9 Å². The molecule has 3 rings (SSSR count). The molecular weight excluding hydrogens is 424 g/mol. The quantitative estimate of drug-likeness (QED) is 0.384. The maximum absolute atomic E-state index is 12.6. The summed E-state index contributed by atoms with van der Waals surface area (Å²) >= 11 is 2.43. The van der Waals surface area contributed by atoms with Crippen molar-refractivity contribution in [2.75, 3.05) is 17.7 Å². The molecule has 0 atom stereocenters. The average Bonchev–Trinajstić information content (AvgIpc) is 3.31. The van der Waals surface area contributed by atoms with Gasteiger partial charge in [0.25, 0.3) is 0 Å². The molecule has 0 fully saturated rings. The third kappa shape index (κ3) is 5.00. The van der Waals surface area contributed by atoms with Crippen LogP contribution in [0, 0.1) is 0 Å². The Bertz CT molecular complexity index is 1070. The normalized spacial score (nSPS) is 10.7. The van der Waals surface area contributed by atoms with Gasteiger partial charge in [0.05, 0.1) is 12.4 Å². The summed E-state index contributed by atoms with van der Waals surface area (Å²) in [5, 5.41) is 11.9. The Kier molecular flexibility index (Phi) is 7.47. The molecule has 0 aliphatic carbocycles. The highest BCUT2D eigenvalue weighted by molar-refractivity contribution is 7.99. The third-order valence-corrected chi connectivity index (χ3v) is 5.98. The van der Waals surface area contributed by atoms with Gasteiger partial charge >= 0.3 is 11.7 Å². The number of aromatic amines is 1. The summed E-state index contributed by atoms with van der Waals surface area (Å²) in [7, 11) is 0. The Morgan fingerprint density at radius 1 is 1.27 bits per heavy atom. The van der Waals surface area contributed by atoms with Gasteiger partial charge in [0.15, 0.2) is 5.16 Å². The minimum Gasteiger partial charge on any atom is -0.462 e. The Balaban J connectivity index is 1.77. The minimum absolute atomic E-state index is 0.0504. The first-order valence-corrected chi connectivity index (χ1v) is 11.3. The Labute approximate surface area is 181 Å². The lowest BCUT2D eigenvalue weighted by Crippen LogP contribution is -2.19. The van der Waals surface area contributed by atoms with Crippen molar-refractivity contribution in [2.45, 2.75) is 32.0 Å². The van der Waals surface area contributed by atoms with Gasteiger partial charge in [0.2, 0.25) is 5.91 Å². The van der Waals surface area contributed by atoms with Gasteiger partial charge in [0.1, 0.15) is 10.6 Å². The maximum Gasteiger partial charge on any atom is 0.343 e. The van der Waals surface area contributed by atoms with Crippen molar-refractivity contribution in [1.29, 1.82) is 0 Å². The fourth-order valence-corrected chi connectivity index (χ4v) is 4.56. The number of amides is 1. The highest BCUT2D eigenvalue weighted by atomic mass is 32.2. The molecule has 3 aromatic rings. The van der Waals surface area contributed by atoms with Gasteiger partial charge in [-0.05, 0) is 18.9 Å². The second-order valence-corrected chi connectivity index (χ2v) is 8.06. The number of ether oxygens (including phenoxy) is 1. The van der Waals surface area contributed by atoms with Crippen LogP contribution in [-0.2, 0) is 16.1 Å². The summed E-state index contributed by atoms with van der Waals surface area (Å²) in [5.74, 6) is -0.732. The Morgan fingerprint density at radius 2 is 2.03 bits per heavy atom. The lowest BCUT2D eigenvalue weighted by Gasteiger charge is -2.09. The van der Waals surface area contributed by atoms with Crippen LogP contribution in [0.4, 0.5) is 5.00 Å². The molecule has 10 heteroatoms. The molecule has 2 aromatic heterocycles. The van der Waals surface area contributed by atoms with E-state index in [0.29, 0.717) is 27.8 Å². The summed E-state index contributed by atoms with van der Waals surface area (Å²) in [5.41, 5.74) is 1.63. The molecule has 0 aliphatic heterocycles. The number of aromatic nitrogens is 3. The highest BCUT2D eigenvalue weighted by Gasteiger charge is 2.23. The lowest BCUT2D eigenvalue weighted by molar-refractivity contribution is -0.113. The van der Waals surface area contributed by atoms with Gasteiger partial charge in [-0.1, -0.05) is 49.0 Å². The van der Waals surface area contributed by atoms with E-state index in [2.05, 4.69) is 15.5 Å². The average molecular weight is 447 g/mol. The molecule has 0 bridgehead atoms. The monoisotopic (exact) mass is 446 g/mol. The first kappa shape index (κ1) is 21.8. The molecule has 0 radical (unpaired) electrons. The summed E-state index contributed by atoms with van der Waals surface area (Å²) in [6.45, 7) is 4.46. The molecule has 0 unspecified atom stereocenters. The van der Waals surface area contributed by atoms with Crippen LogP contribution in [0.5, 0.6) is 0 Å². The van der Waals surface area contributed by atoms with Crippen LogP contribution in [-0.4, -0.2) is 39.0 Å². The number of hydrogen-bond donors (Lipinski definition) is 2. The van der Waals surface area contributed by atoms with E-state index in [1.54, 1.807) is 6.92 Å². The van der Waals surface area contributed by atoms with Crippen molar-refractivity contribution in [3.63, 3.8) is 0 Å².